The van der Waals surface area contributed by atoms with Crippen molar-refractivity contribution in [3.8, 4) is 0 Å². The predicted octanol–water partition coefficient (Wildman–Crippen LogP) is 1.72. The first-order valence-electron chi connectivity index (χ1n) is 5.17. The zero-order valence-corrected chi connectivity index (χ0v) is 9.37. The third kappa shape index (κ3) is 3.07. The van der Waals surface area contributed by atoms with E-state index >= 15 is 0 Å². The van der Waals surface area contributed by atoms with E-state index in [2.05, 4.69) is 9.97 Å². The number of hydrogen-bond donors (Lipinski definition) is 1. The molecule has 0 amide bonds. The average molecular weight is 225 g/mol. The maximum absolute atomic E-state index is 5.69. The van der Waals surface area contributed by atoms with Gasteiger partial charge in [0, 0.05) is 24.8 Å². The largest absolute Gasteiger partial charge is 0.381 e. The molecule has 5 heteroatoms. The van der Waals surface area contributed by atoms with Crippen LogP contribution in [-0.4, -0.2) is 28.4 Å². The second kappa shape index (κ2) is 5.32. The van der Waals surface area contributed by atoms with Gasteiger partial charge in [-0.05, 0) is 19.3 Å². The van der Waals surface area contributed by atoms with Gasteiger partial charge in [-0.3, -0.25) is 0 Å². The van der Waals surface area contributed by atoms with E-state index in [1.165, 1.54) is 12.8 Å². The van der Waals surface area contributed by atoms with Gasteiger partial charge in [-0.15, -0.1) is 11.8 Å². The molecule has 1 aromatic rings. The van der Waals surface area contributed by atoms with Crippen LogP contribution < -0.4 is 5.73 Å². The summed E-state index contributed by atoms with van der Waals surface area (Å²) in [5.41, 5.74) is 5.69. The van der Waals surface area contributed by atoms with Crippen LogP contribution in [0.1, 0.15) is 19.3 Å². The molecule has 1 fully saturated rings. The molecule has 82 valence electrons. The summed E-state index contributed by atoms with van der Waals surface area (Å²) < 4.78 is 5.54. The molecule has 1 saturated heterocycles. The number of anilines is 1. The van der Waals surface area contributed by atoms with Crippen LogP contribution in [0.15, 0.2) is 17.4 Å². The Kier molecular flexibility index (Phi) is 3.80. The normalized spacial score (nSPS) is 20.7. The fourth-order valence-electron chi connectivity index (χ4n) is 1.61. The predicted molar refractivity (Wildman–Crippen MR) is 60.8 cm³/mol. The Morgan fingerprint density at radius 1 is 1.47 bits per heavy atom. The van der Waals surface area contributed by atoms with Crippen molar-refractivity contribution >= 4 is 17.6 Å². The molecule has 4 nitrogen and oxygen atoms in total. The summed E-state index contributed by atoms with van der Waals surface area (Å²) in [7, 11) is 0. The van der Waals surface area contributed by atoms with E-state index in [-0.39, 0.29) is 0 Å². The molecule has 1 aliphatic heterocycles. The molecular formula is C10H15N3OS. The Hall–Kier alpha value is -0.810. The fourth-order valence-corrected chi connectivity index (χ4v) is 2.52. The molecule has 2 heterocycles. The number of ether oxygens (including phenoxy) is 1. The van der Waals surface area contributed by atoms with Crippen molar-refractivity contribution in [3.63, 3.8) is 0 Å². The van der Waals surface area contributed by atoms with Crippen molar-refractivity contribution in [1.29, 1.82) is 0 Å². The third-order valence-corrected chi connectivity index (χ3v) is 3.42. The summed E-state index contributed by atoms with van der Waals surface area (Å²) >= 11 is 1.66. The molecule has 0 radical (unpaired) electrons. The number of nitrogen functional groups attached to an aromatic ring is 1. The van der Waals surface area contributed by atoms with Gasteiger partial charge in [0.05, 0.1) is 6.10 Å². The van der Waals surface area contributed by atoms with E-state index in [4.69, 9.17) is 10.5 Å². The van der Waals surface area contributed by atoms with Gasteiger partial charge in [-0.25, -0.2) is 9.97 Å². The molecule has 0 spiro atoms. The number of nitrogens with zero attached hydrogens (tertiary/aromatic N) is 2. The van der Waals surface area contributed by atoms with Gasteiger partial charge in [0.2, 0.25) is 0 Å². The van der Waals surface area contributed by atoms with Gasteiger partial charge in [-0.2, -0.15) is 0 Å². The zero-order chi connectivity index (χ0) is 10.5. The summed E-state index contributed by atoms with van der Waals surface area (Å²) in [5.74, 6) is 1.52. The average Bonchev–Trinajstić information content (AvgIpc) is 2.74. The maximum atomic E-state index is 5.69. The first kappa shape index (κ1) is 10.7. The van der Waals surface area contributed by atoms with E-state index in [1.807, 2.05) is 0 Å². The van der Waals surface area contributed by atoms with Crippen LogP contribution in [-0.2, 0) is 4.74 Å². The lowest BCUT2D eigenvalue weighted by Crippen LogP contribution is -2.06. The molecule has 15 heavy (non-hydrogen) atoms. The lowest BCUT2D eigenvalue weighted by atomic mass is 10.2. The van der Waals surface area contributed by atoms with Crippen LogP contribution in [0.4, 0.5) is 5.82 Å². The number of thioether (sulfide) groups is 1. The molecule has 0 saturated carbocycles. The van der Waals surface area contributed by atoms with Crippen LogP contribution in [0.2, 0.25) is 0 Å². The van der Waals surface area contributed by atoms with Gasteiger partial charge < -0.3 is 10.5 Å². The SMILES string of the molecule is Nc1nccnc1SCCC1CCCO1. The summed E-state index contributed by atoms with van der Waals surface area (Å²) in [6.45, 7) is 0.919. The molecule has 1 aromatic heterocycles. The van der Waals surface area contributed by atoms with Crippen molar-refractivity contribution < 1.29 is 4.74 Å². The second-order valence-electron chi connectivity index (χ2n) is 3.52. The number of rotatable bonds is 4. The van der Waals surface area contributed by atoms with Crippen LogP contribution in [0.25, 0.3) is 0 Å². The van der Waals surface area contributed by atoms with E-state index in [0.717, 1.165) is 23.8 Å². The van der Waals surface area contributed by atoms with Gasteiger partial charge in [-0.1, -0.05) is 0 Å². The van der Waals surface area contributed by atoms with Crippen LogP contribution >= 0.6 is 11.8 Å². The summed E-state index contributed by atoms with van der Waals surface area (Å²) in [6.07, 6.45) is 7.18. The highest BCUT2D eigenvalue weighted by molar-refractivity contribution is 7.99. The molecule has 0 aliphatic carbocycles. The van der Waals surface area contributed by atoms with E-state index < -0.39 is 0 Å². The Morgan fingerprint density at radius 2 is 2.33 bits per heavy atom. The van der Waals surface area contributed by atoms with Gasteiger partial charge in [0.1, 0.15) is 5.03 Å². The summed E-state index contributed by atoms with van der Waals surface area (Å²) in [4.78, 5) is 8.17. The fraction of sp³-hybridized carbons (Fsp3) is 0.600. The summed E-state index contributed by atoms with van der Waals surface area (Å²) in [6, 6.07) is 0. The summed E-state index contributed by atoms with van der Waals surface area (Å²) in [5, 5.41) is 0.829. The first-order valence-corrected chi connectivity index (χ1v) is 6.15. The van der Waals surface area contributed by atoms with Gasteiger partial charge in [0.25, 0.3) is 0 Å². The van der Waals surface area contributed by atoms with Crippen molar-refractivity contribution in [1.82, 2.24) is 9.97 Å². The minimum atomic E-state index is 0.440. The number of nitrogens with two attached hydrogens (primary N) is 1. The highest BCUT2D eigenvalue weighted by Crippen LogP contribution is 2.23. The first-order chi connectivity index (χ1) is 7.36. The molecule has 2 rings (SSSR count). The van der Waals surface area contributed by atoms with Crippen molar-refractivity contribution in [2.24, 2.45) is 0 Å². The van der Waals surface area contributed by atoms with Crippen LogP contribution in [0, 0.1) is 0 Å². The van der Waals surface area contributed by atoms with Crippen molar-refractivity contribution in [3.05, 3.63) is 12.4 Å². The Balaban J connectivity index is 1.75. The van der Waals surface area contributed by atoms with E-state index in [1.54, 1.807) is 24.2 Å². The second-order valence-corrected chi connectivity index (χ2v) is 4.60. The van der Waals surface area contributed by atoms with Crippen molar-refractivity contribution in [2.75, 3.05) is 18.1 Å². The highest BCUT2D eigenvalue weighted by atomic mass is 32.2. The van der Waals surface area contributed by atoms with Crippen molar-refractivity contribution in [2.45, 2.75) is 30.4 Å². The molecule has 1 atom stereocenters. The smallest absolute Gasteiger partial charge is 0.156 e. The molecule has 2 N–H and O–H groups in total. The lowest BCUT2D eigenvalue weighted by Gasteiger charge is -2.08. The molecule has 0 bridgehead atoms. The Labute approximate surface area is 93.6 Å². The lowest BCUT2D eigenvalue weighted by molar-refractivity contribution is 0.109. The maximum Gasteiger partial charge on any atom is 0.156 e. The minimum Gasteiger partial charge on any atom is -0.381 e. The molecular weight excluding hydrogens is 210 g/mol. The quantitative estimate of drug-likeness (QED) is 0.791. The van der Waals surface area contributed by atoms with E-state index in [0.29, 0.717) is 11.9 Å². The minimum absolute atomic E-state index is 0.440. The Morgan fingerprint density at radius 3 is 3.07 bits per heavy atom. The molecule has 1 aliphatic rings. The topological polar surface area (TPSA) is 61.0 Å². The molecule has 0 aromatic carbocycles. The third-order valence-electron chi connectivity index (χ3n) is 2.39. The monoisotopic (exact) mass is 225 g/mol. The van der Waals surface area contributed by atoms with Crippen LogP contribution in [0.3, 0.4) is 0 Å². The highest BCUT2D eigenvalue weighted by Gasteiger charge is 2.15. The molecule has 1 unspecified atom stereocenters. The van der Waals surface area contributed by atoms with Gasteiger partial charge >= 0.3 is 0 Å². The number of hydrogen-bond acceptors (Lipinski definition) is 5. The van der Waals surface area contributed by atoms with Gasteiger partial charge in [0.15, 0.2) is 5.82 Å². The van der Waals surface area contributed by atoms with Crippen LogP contribution in [0.5, 0.6) is 0 Å². The van der Waals surface area contributed by atoms with E-state index in [9.17, 15) is 0 Å². The Bertz CT molecular complexity index is 315. The number of aromatic nitrogens is 2. The zero-order valence-electron chi connectivity index (χ0n) is 8.56. The standard InChI is InChI=1S/C10H15N3OS/c11-9-10(13-5-4-12-9)15-7-3-8-2-1-6-14-8/h4-5,8H,1-3,6-7H2,(H2,11,12).